The van der Waals surface area contributed by atoms with Gasteiger partial charge < -0.3 is 15.4 Å². The fourth-order valence-electron chi connectivity index (χ4n) is 2.10. The second-order valence-corrected chi connectivity index (χ2v) is 5.20. The predicted molar refractivity (Wildman–Crippen MR) is 71.7 cm³/mol. The SMILES string of the molecule is CC(N)c1ccc2c(c1)N(C)C(=O)C(C(C)C)O2. The van der Waals surface area contributed by atoms with Crippen molar-refractivity contribution in [1.82, 2.24) is 0 Å². The van der Waals surface area contributed by atoms with E-state index in [0.717, 1.165) is 17.0 Å². The number of nitrogens with zero attached hydrogens (tertiary/aromatic N) is 1. The van der Waals surface area contributed by atoms with Gasteiger partial charge in [0.25, 0.3) is 5.91 Å². The van der Waals surface area contributed by atoms with Crippen molar-refractivity contribution in [1.29, 1.82) is 0 Å². The van der Waals surface area contributed by atoms with E-state index in [2.05, 4.69) is 0 Å². The molecular formula is C14H20N2O2. The third-order valence-electron chi connectivity index (χ3n) is 3.30. The monoisotopic (exact) mass is 248 g/mol. The Morgan fingerprint density at radius 3 is 2.56 bits per heavy atom. The van der Waals surface area contributed by atoms with E-state index in [1.54, 1.807) is 11.9 Å². The van der Waals surface area contributed by atoms with E-state index in [4.69, 9.17) is 10.5 Å². The number of rotatable bonds is 2. The maximum atomic E-state index is 12.2. The van der Waals surface area contributed by atoms with Crippen LogP contribution in [0.5, 0.6) is 5.75 Å². The highest BCUT2D eigenvalue weighted by Crippen LogP contribution is 2.36. The molecule has 1 heterocycles. The van der Waals surface area contributed by atoms with Crippen LogP contribution < -0.4 is 15.4 Å². The maximum absolute atomic E-state index is 12.2. The Bertz CT molecular complexity index is 469. The molecule has 2 unspecified atom stereocenters. The zero-order valence-corrected chi connectivity index (χ0v) is 11.3. The van der Waals surface area contributed by atoms with Crippen LogP contribution in [-0.4, -0.2) is 19.1 Å². The predicted octanol–water partition coefficient (Wildman–Crippen LogP) is 2.09. The average Bonchev–Trinajstić information content (AvgIpc) is 2.32. The van der Waals surface area contributed by atoms with Gasteiger partial charge in [-0.2, -0.15) is 0 Å². The van der Waals surface area contributed by atoms with E-state index >= 15 is 0 Å². The molecule has 0 aliphatic carbocycles. The summed E-state index contributed by atoms with van der Waals surface area (Å²) in [6, 6.07) is 5.72. The summed E-state index contributed by atoms with van der Waals surface area (Å²) in [6.45, 7) is 5.89. The number of hydrogen-bond donors (Lipinski definition) is 1. The topological polar surface area (TPSA) is 55.6 Å². The van der Waals surface area contributed by atoms with Crippen LogP contribution in [0.2, 0.25) is 0 Å². The minimum Gasteiger partial charge on any atom is -0.478 e. The molecule has 0 bridgehead atoms. The highest BCUT2D eigenvalue weighted by Gasteiger charge is 2.34. The van der Waals surface area contributed by atoms with Gasteiger partial charge in [0, 0.05) is 13.1 Å². The summed E-state index contributed by atoms with van der Waals surface area (Å²) >= 11 is 0. The van der Waals surface area contributed by atoms with Crippen molar-refractivity contribution in [3.63, 3.8) is 0 Å². The van der Waals surface area contributed by atoms with Crippen LogP contribution in [0.15, 0.2) is 18.2 Å². The molecule has 1 amide bonds. The van der Waals surface area contributed by atoms with E-state index in [0.29, 0.717) is 0 Å². The van der Waals surface area contributed by atoms with Gasteiger partial charge in [-0.1, -0.05) is 19.9 Å². The smallest absolute Gasteiger partial charge is 0.268 e. The van der Waals surface area contributed by atoms with Gasteiger partial charge >= 0.3 is 0 Å². The van der Waals surface area contributed by atoms with Gasteiger partial charge in [-0.15, -0.1) is 0 Å². The minimum atomic E-state index is -0.399. The Morgan fingerprint density at radius 1 is 1.33 bits per heavy atom. The summed E-state index contributed by atoms with van der Waals surface area (Å²) in [5.74, 6) is 0.903. The van der Waals surface area contributed by atoms with Gasteiger partial charge in [0.05, 0.1) is 5.69 Å². The van der Waals surface area contributed by atoms with Crippen LogP contribution >= 0.6 is 0 Å². The number of likely N-dealkylation sites (N-methyl/N-ethyl adjacent to an activating group) is 1. The third-order valence-corrected chi connectivity index (χ3v) is 3.30. The largest absolute Gasteiger partial charge is 0.478 e. The molecule has 18 heavy (non-hydrogen) atoms. The van der Waals surface area contributed by atoms with Gasteiger partial charge in [0.2, 0.25) is 0 Å². The van der Waals surface area contributed by atoms with Crippen LogP contribution in [-0.2, 0) is 4.79 Å². The number of amides is 1. The molecule has 0 saturated carbocycles. The Labute approximate surface area is 108 Å². The first-order valence-corrected chi connectivity index (χ1v) is 6.25. The number of carbonyl (C=O) groups is 1. The van der Waals surface area contributed by atoms with Crippen molar-refractivity contribution < 1.29 is 9.53 Å². The summed E-state index contributed by atoms with van der Waals surface area (Å²) in [5, 5.41) is 0. The molecule has 0 saturated heterocycles. The lowest BCUT2D eigenvalue weighted by molar-refractivity contribution is -0.127. The summed E-state index contributed by atoms with van der Waals surface area (Å²) in [4.78, 5) is 13.8. The first-order valence-electron chi connectivity index (χ1n) is 6.25. The summed E-state index contributed by atoms with van der Waals surface area (Å²) in [6.07, 6.45) is -0.399. The van der Waals surface area contributed by atoms with Crippen molar-refractivity contribution in [2.45, 2.75) is 32.9 Å². The van der Waals surface area contributed by atoms with E-state index in [1.165, 1.54) is 0 Å². The zero-order valence-electron chi connectivity index (χ0n) is 11.3. The number of hydrogen-bond acceptors (Lipinski definition) is 3. The molecule has 2 atom stereocenters. The molecule has 2 N–H and O–H groups in total. The molecule has 4 nitrogen and oxygen atoms in total. The van der Waals surface area contributed by atoms with E-state index in [-0.39, 0.29) is 17.9 Å². The van der Waals surface area contributed by atoms with Gasteiger partial charge in [-0.05, 0) is 30.5 Å². The fourth-order valence-corrected chi connectivity index (χ4v) is 2.10. The Hall–Kier alpha value is -1.55. The number of ether oxygens (including phenoxy) is 1. The summed E-state index contributed by atoms with van der Waals surface area (Å²) in [5.41, 5.74) is 7.66. The highest BCUT2D eigenvalue weighted by atomic mass is 16.5. The first kappa shape index (κ1) is 12.9. The number of benzene rings is 1. The lowest BCUT2D eigenvalue weighted by Gasteiger charge is -2.34. The molecule has 0 radical (unpaired) electrons. The Morgan fingerprint density at radius 2 is 2.00 bits per heavy atom. The number of nitrogens with two attached hydrogens (primary N) is 1. The third kappa shape index (κ3) is 2.08. The Balaban J connectivity index is 2.42. The summed E-state index contributed by atoms with van der Waals surface area (Å²) in [7, 11) is 1.78. The second-order valence-electron chi connectivity index (χ2n) is 5.20. The average molecular weight is 248 g/mol. The highest BCUT2D eigenvalue weighted by molar-refractivity contribution is 5.99. The number of fused-ring (bicyclic) bond motifs is 1. The molecule has 98 valence electrons. The van der Waals surface area contributed by atoms with Crippen molar-refractivity contribution in [2.75, 3.05) is 11.9 Å². The minimum absolute atomic E-state index is 0.000625. The van der Waals surface area contributed by atoms with Crippen molar-refractivity contribution in [3.05, 3.63) is 23.8 Å². The Kier molecular flexibility index (Phi) is 3.30. The van der Waals surface area contributed by atoms with Gasteiger partial charge in [0.1, 0.15) is 5.75 Å². The van der Waals surface area contributed by atoms with Crippen molar-refractivity contribution in [3.8, 4) is 5.75 Å². The molecule has 1 aromatic rings. The van der Waals surface area contributed by atoms with E-state index in [9.17, 15) is 4.79 Å². The molecular weight excluding hydrogens is 228 g/mol. The number of carbonyl (C=O) groups excluding carboxylic acids is 1. The molecule has 4 heteroatoms. The molecule has 1 aliphatic rings. The molecule has 0 spiro atoms. The van der Waals surface area contributed by atoms with Crippen LogP contribution in [0.4, 0.5) is 5.69 Å². The van der Waals surface area contributed by atoms with Crippen molar-refractivity contribution in [2.24, 2.45) is 11.7 Å². The van der Waals surface area contributed by atoms with Crippen LogP contribution in [0.3, 0.4) is 0 Å². The lowest BCUT2D eigenvalue weighted by atomic mass is 10.0. The van der Waals surface area contributed by atoms with Gasteiger partial charge in [-0.3, -0.25) is 4.79 Å². The van der Waals surface area contributed by atoms with E-state index < -0.39 is 6.10 Å². The fraction of sp³-hybridized carbons (Fsp3) is 0.500. The van der Waals surface area contributed by atoms with Crippen LogP contribution in [0.25, 0.3) is 0 Å². The second kappa shape index (κ2) is 4.61. The van der Waals surface area contributed by atoms with Crippen LogP contribution in [0, 0.1) is 5.92 Å². The quantitative estimate of drug-likeness (QED) is 0.872. The summed E-state index contributed by atoms with van der Waals surface area (Å²) < 4.78 is 5.78. The molecule has 0 fully saturated rings. The van der Waals surface area contributed by atoms with E-state index in [1.807, 2.05) is 39.0 Å². The van der Waals surface area contributed by atoms with Crippen LogP contribution in [0.1, 0.15) is 32.4 Å². The molecule has 1 aromatic carbocycles. The lowest BCUT2D eigenvalue weighted by Crippen LogP contribution is -2.46. The molecule has 2 rings (SSSR count). The zero-order chi connectivity index (χ0) is 13.4. The van der Waals surface area contributed by atoms with Gasteiger partial charge in [0.15, 0.2) is 6.10 Å². The maximum Gasteiger partial charge on any atom is 0.268 e. The molecule has 0 aromatic heterocycles. The molecule has 1 aliphatic heterocycles. The number of anilines is 1. The standard InChI is InChI=1S/C14H20N2O2/c1-8(2)13-14(17)16(4)11-7-10(9(3)15)5-6-12(11)18-13/h5-9,13H,15H2,1-4H3. The van der Waals surface area contributed by atoms with Gasteiger partial charge in [-0.25, -0.2) is 0 Å². The normalized spacial score (nSPS) is 20.7. The first-order chi connectivity index (χ1) is 8.41. The van der Waals surface area contributed by atoms with Crippen molar-refractivity contribution >= 4 is 11.6 Å².